The molecule has 0 aliphatic carbocycles. The Morgan fingerprint density at radius 2 is 0.980 bits per heavy atom. The van der Waals surface area contributed by atoms with Crippen LogP contribution in [0.5, 0.6) is 0 Å². The van der Waals surface area contributed by atoms with Gasteiger partial charge in [-0.3, -0.25) is 24.7 Å². The minimum atomic E-state index is -3.27. The standard InChI is InChI=1S/C10H12N2O.C9H12N2O2S.2C9H12N2/c1-7-8(2)12(7)10(13)9-3-5-11-6-4-9;1-7-8(2)11(7)14(12,13)9-3-5-10-6-4-9;1-7-8(2)11(7)9-3-5-10-6-4-9;1-7-8(2)11(7)9-4-3-5-10-6-9/h3-8H,1-2H3;3-8H,1-2H3;2*3-8H,1-2H3/t7-,8+,12?;3*7-,8+,11?. The van der Waals surface area contributed by atoms with Crippen molar-refractivity contribution in [3.05, 3.63) is 104 Å². The summed E-state index contributed by atoms with van der Waals surface area (Å²) in [4.78, 5) is 34.4. The Morgan fingerprint density at radius 1 is 0.531 bits per heavy atom. The van der Waals surface area contributed by atoms with Gasteiger partial charge in [-0.25, -0.2) is 8.42 Å². The van der Waals surface area contributed by atoms with Crippen molar-refractivity contribution >= 4 is 27.3 Å². The topological polar surface area (TPSA) is 115 Å². The van der Waals surface area contributed by atoms with E-state index in [1.807, 2.05) is 49.6 Å². The van der Waals surface area contributed by atoms with Gasteiger partial charge in [0.2, 0.25) is 10.0 Å². The highest BCUT2D eigenvalue weighted by molar-refractivity contribution is 7.89. The van der Waals surface area contributed by atoms with Crippen LogP contribution in [0.2, 0.25) is 0 Å². The summed E-state index contributed by atoms with van der Waals surface area (Å²) in [5.74, 6) is 0.113. The zero-order valence-corrected chi connectivity index (χ0v) is 30.4. The first-order chi connectivity index (χ1) is 23.4. The molecule has 1 amide bonds. The maximum atomic E-state index is 11.9. The van der Waals surface area contributed by atoms with Crippen LogP contribution in [0, 0.1) is 0 Å². The van der Waals surface area contributed by atoms with E-state index in [1.54, 1.807) is 24.5 Å². The Hall–Kier alpha value is -4.42. The van der Waals surface area contributed by atoms with Crippen LogP contribution in [-0.2, 0) is 10.0 Å². The lowest BCUT2D eigenvalue weighted by atomic mass is 10.2. The van der Waals surface area contributed by atoms with Crippen LogP contribution in [-0.4, -0.2) is 91.8 Å². The van der Waals surface area contributed by atoms with E-state index >= 15 is 0 Å². The van der Waals surface area contributed by atoms with E-state index in [4.69, 9.17) is 0 Å². The van der Waals surface area contributed by atoms with Gasteiger partial charge in [0, 0.05) is 103 Å². The van der Waals surface area contributed by atoms with Gasteiger partial charge < -0.3 is 14.7 Å². The molecule has 0 N–H and O–H groups in total. The highest BCUT2D eigenvalue weighted by Crippen LogP contribution is 2.35. The first kappa shape index (κ1) is 35.9. The predicted octanol–water partition coefficient (Wildman–Crippen LogP) is 5.53. The number of pyridine rings is 4. The number of nitrogens with zero attached hydrogens (tertiary/aromatic N) is 8. The Morgan fingerprint density at radius 3 is 1.39 bits per heavy atom. The highest BCUT2D eigenvalue weighted by atomic mass is 32.2. The maximum absolute atomic E-state index is 11.9. The van der Waals surface area contributed by atoms with Crippen LogP contribution in [0.15, 0.2) is 103 Å². The molecule has 0 spiro atoms. The molecular formula is C37H48N8O3S. The van der Waals surface area contributed by atoms with Gasteiger partial charge in [-0.05, 0) is 104 Å². The lowest BCUT2D eigenvalue weighted by molar-refractivity contribution is 0.0868. The van der Waals surface area contributed by atoms with Crippen molar-refractivity contribution in [3.63, 3.8) is 0 Å². The molecule has 260 valence electrons. The fraction of sp³-hybridized carbons (Fsp3) is 0.432. The van der Waals surface area contributed by atoms with Gasteiger partial charge in [0.15, 0.2) is 0 Å². The SMILES string of the molecule is C[C@@H]1[C@H](C)N1C(=O)c1ccncc1.C[C@@H]1[C@H](C)N1S(=O)(=O)c1ccncc1.C[C@@H]1[C@H](C)N1c1cccnc1.C[C@@H]1[C@H](C)N1c1ccncc1. The molecule has 4 aromatic rings. The third kappa shape index (κ3) is 8.25. The lowest BCUT2D eigenvalue weighted by Gasteiger charge is -2.04. The van der Waals surface area contributed by atoms with Crippen molar-refractivity contribution < 1.29 is 13.2 Å². The molecule has 1 unspecified atom stereocenters. The van der Waals surface area contributed by atoms with E-state index in [0.29, 0.717) is 41.1 Å². The van der Waals surface area contributed by atoms with Crippen molar-refractivity contribution in [1.82, 2.24) is 29.1 Å². The Kier molecular flexibility index (Phi) is 11.0. The summed E-state index contributed by atoms with van der Waals surface area (Å²) in [5.41, 5.74) is 3.26. The third-order valence-electron chi connectivity index (χ3n) is 10.2. The van der Waals surface area contributed by atoms with Crippen molar-refractivity contribution in [3.8, 4) is 0 Å². The molecule has 8 heterocycles. The Bertz CT molecular complexity index is 1680. The summed E-state index contributed by atoms with van der Waals surface area (Å²) in [5, 5.41) is 0. The van der Waals surface area contributed by atoms with E-state index in [1.165, 1.54) is 40.2 Å². The molecule has 12 heteroatoms. The lowest BCUT2D eigenvalue weighted by Crippen LogP contribution is -2.14. The van der Waals surface area contributed by atoms with E-state index in [0.717, 1.165) is 5.56 Å². The van der Waals surface area contributed by atoms with E-state index < -0.39 is 10.0 Å². The van der Waals surface area contributed by atoms with Gasteiger partial charge in [-0.15, -0.1) is 0 Å². The number of sulfonamides is 1. The fourth-order valence-corrected chi connectivity index (χ4v) is 7.91. The van der Waals surface area contributed by atoms with Gasteiger partial charge in [0.05, 0.1) is 16.8 Å². The second kappa shape index (κ2) is 15.0. The quantitative estimate of drug-likeness (QED) is 0.250. The van der Waals surface area contributed by atoms with Crippen molar-refractivity contribution in [2.45, 2.75) is 109 Å². The number of hydrogen-bond donors (Lipinski definition) is 0. The Balaban J connectivity index is 0.000000128. The number of anilines is 2. The molecule has 4 saturated heterocycles. The van der Waals surface area contributed by atoms with Crippen LogP contribution in [0.1, 0.15) is 65.7 Å². The summed E-state index contributed by atoms with van der Waals surface area (Å²) >= 11 is 0. The summed E-state index contributed by atoms with van der Waals surface area (Å²) in [7, 11) is -3.27. The van der Waals surface area contributed by atoms with Crippen LogP contribution in [0.4, 0.5) is 11.4 Å². The molecule has 8 rings (SSSR count). The van der Waals surface area contributed by atoms with Gasteiger partial charge in [-0.1, -0.05) is 0 Å². The number of amides is 1. The molecule has 0 saturated carbocycles. The predicted molar refractivity (Wildman–Crippen MR) is 193 cm³/mol. The third-order valence-corrected chi connectivity index (χ3v) is 12.2. The molecule has 4 aliphatic heterocycles. The number of aromatic nitrogens is 4. The average molecular weight is 685 g/mol. The second-order valence-corrected chi connectivity index (χ2v) is 15.0. The smallest absolute Gasteiger partial charge is 0.254 e. The molecule has 4 fully saturated rings. The molecule has 49 heavy (non-hydrogen) atoms. The number of carbonyl (C=O) groups is 1. The van der Waals surface area contributed by atoms with Crippen LogP contribution in [0.25, 0.3) is 0 Å². The Labute approximate surface area is 291 Å². The van der Waals surface area contributed by atoms with E-state index in [9.17, 15) is 13.2 Å². The number of carbonyl (C=O) groups excluding carboxylic acids is 1. The van der Waals surface area contributed by atoms with Gasteiger partial charge in [-0.2, -0.15) is 4.31 Å². The zero-order chi connectivity index (χ0) is 35.5. The van der Waals surface area contributed by atoms with Crippen LogP contribution < -0.4 is 9.80 Å². The monoisotopic (exact) mass is 684 g/mol. The summed E-state index contributed by atoms with van der Waals surface area (Å²) in [6.45, 7) is 16.9. The van der Waals surface area contributed by atoms with Gasteiger partial charge in [0.1, 0.15) is 0 Å². The van der Waals surface area contributed by atoms with Crippen molar-refractivity contribution in [1.29, 1.82) is 0 Å². The molecular weight excluding hydrogens is 637 g/mol. The van der Waals surface area contributed by atoms with Gasteiger partial charge in [0.25, 0.3) is 5.91 Å². The first-order valence-corrected chi connectivity index (χ1v) is 18.3. The molecule has 0 bridgehead atoms. The van der Waals surface area contributed by atoms with Gasteiger partial charge >= 0.3 is 0 Å². The van der Waals surface area contributed by atoms with Crippen LogP contribution in [0.3, 0.4) is 0 Å². The first-order valence-electron chi connectivity index (χ1n) is 16.9. The van der Waals surface area contributed by atoms with Crippen molar-refractivity contribution in [2.75, 3.05) is 9.80 Å². The van der Waals surface area contributed by atoms with E-state index in [2.05, 4.69) is 89.5 Å². The molecule has 4 aliphatic rings. The minimum absolute atomic E-state index is 0.113. The summed E-state index contributed by atoms with van der Waals surface area (Å²) < 4.78 is 25.3. The molecule has 0 aromatic carbocycles. The highest BCUT2D eigenvalue weighted by Gasteiger charge is 2.49. The average Bonchev–Trinajstić information content (AvgIpc) is 4.10. The fourth-order valence-electron chi connectivity index (χ4n) is 6.03. The second-order valence-electron chi connectivity index (χ2n) is 13.1. The van der Waals surface area contributed by atoms with E-state index in [-0.39, 0.29) is 18.0 Å². The number of hydrogen-bond acceptors (Lipinski definition) is 9. The zero-order valence-electron chi connectivity index (χ0n) is 29.6. The maximum Gasteiger partial charge on any atom is 0.254 e. The minimum Gasteiger partial charge on any atom is -0.362 e. The van der Waals surface area contributed by atoms with Crippen molar-refractivity contribution in [2.24, 2.45) is 0 Å². The number of rotatable bonds is 5. The summed E-state index contributed by atoms with van der Waals surface area (Å²) in [6.07, 6.45) is 13.7. The molecule has 0 radical (unpaired) electrons. The molecule has 11 nitrogen and oxygen atoms in total. The molecule has 9 atom stereocenters. The largest absolute Gasteiger partial charge is 0.362 e. The van der Waals surface area contributed by atoms with Crippen LogP contribution >= 0.6 is 0 Å². The normalized spacial score (nSPS) is 28.7. The molecule has 4 aromatic heterocycles. The summed E-state index contributed by atoms with van der Waals surface area (Å²) in [6, 6.07) is 18.6.